The Morgan fingerprint density at radius 1 is 1.27 bits per heavy atom. The zero-order valence-corrected chi connectivity index (χ0v) is 14.5. The molecule has 1 aromatic carbocycles. The van der Waals surface area contributed by atoms with Gasteiger partial charge in [0.05, 0.1) is 6.61 Å². The maximum absolute atomic E-state index is 12.5. The van der Waals surface area contributed by atoms with Crippen molar-refractivity contribution in [2.24, 2.45) is 5.41 Å². The Kier molecular flexibility index (Phi) is 7.33. The van der Waals surface area contributed by atoms with E-state index in [-0.39, 0.29) is 23.7 Å². The first-order valence-electron chi connectivity index (χ1n) is 7.62. The lowest BCUT2D eigenvalue weighted by Gasteiger charge is -2.37. The summed E-state index contributed by atoms with van der Waals surface area (Å²) in [5.41, 5.74) is 2.92. The van der Waals surface area contributed by atoms with E-state index in [0.717, 1.165) is 42.6 Å². The summed E-state index contributed by atoms with van der Waals surface area (Å²) in [5.74, 6) is 0.0274. The molecule has 1 amide bonds. The molecule has 0 aromatic heterocycles. The van der Waals surface area contributed by atoms with E-state index in [9.17, 15) is 4.79 Å². The minimum absolute atomic E-state index is 0. The highest BCUT2D eigenvalue weighted by molar-refractivity contribution is 5.97. The van der Waals surface area contributed by atoms with Gasteiger partial charge in [-0.05, 0) is 50.9 Å². The van der Waals surface area contributed by atoms with E-state index in [2.05, 4.69) is 10.6 Å². The molecule has 1 heterocycles. The van der Waals surface area contributed by atoms with Crippen LogP contribution in [0.2, 0.25) is 0 Å². The minimum Gasteiger partial charge on any atom is -0.384 e. The number of piperidine rings is 1. The Morgan fingerprint density at radius 3 is 2.41 bits per heavy atom. The van der Waals surface area contributed by atoms with Gasteiger partial charge in [-0.15, -0.1) is 12.4 Å². The quantitative estimate of drug-likeness (QED) is 0.874. The standard InChI is InChI=1S/C17H26N2O2.ClH/c1-13-5-4-6-14(2)15(13)16(20)19-11-17(12-21-3)7-9-18-10-8-17;/h4-6,18H,7-12H2,1-3H3,(H,19,20);1H. The molecular weight excluding hydrogens is 300 g/mol. The first-order chi connectivity index (χ1) is 10.1. The lowest BCUT2D eigenvalue weighted by molar-refractivity contribution is 0.0511. The van der Waals surface area contributed by atoms with E-state index in [1.165, 1.54) is 0 Å². The summed E-state index contributed by atoms with van der Waals surface area (Å²) in [6.45, 7) is 7.32. The van der Waals surface area contributed by atoms with Gasteiger partial charge in [-0.25, -0.2) is 0 Å². The second-order valence-corrected chi connectivity index (χ2v) is 6.13. The number of ether oxygens (including phenoxy) is 1. The van der Waals surface area contributed by atoms with Crippen LogP contribution in [0.3, 0.4) is 0 Å². The molecule has 2 rings (SSSR count). The number of rotatable bonds is 5. The van der Waals surface area contributed by atoms with Crippen LogP contribution in [0.15, 0.2) is 18.2 Å². The van der Waals surface area contributed by atoms with Crippen molar-refractivity contribution in [2.45, 2.75) is 26.7 Å². The molecule has 4 nitrogen and oxygen atoms in total. The van der Waals surface area contributed by atoms with Crippen molar-refractivity contribution in [3.8, 4) is 0 Å². The molecule has 0 radical (unpaired) electrons. The highest BCUT2D eigenvalue weighted by atomic mass is 35.5. The van der Waals surface area contributed by atoms with Gasteiger partial charge in [0.15, 0.2) is 0 Å². The van der Waals surface area contributed by atoms with E-state index in [0.29, 0.717) is 13.2 Å². The number of halogens is 1. The molecular formula is C17H27ClN2O2. The van der Waals surface area contributed by atoms with Crippen molar-refractivity contribution in [3.63, 3.8) is 0 Å². The molecule has 0 bridgehead atoms. The normalized spacial score (nSPS) is 16.7. The summed E-state index contributed by atoms with van der Waals surface area (Å²) >= 11 is 0. The molecule has 0 spiro atoms. The van der Waals surface area contributed by atoms with Crippen molar-refractivity contribution >= 4 is 18.3 Å². The van der Waals surface area contributed by atoms with Crippen molar-refractivity contribution in [1.82, 2.24) is 10.6 Å². The van der Waals surface area contributed by atoms with Gasteiger partial charge in [-0.1, -0.05) is 18.2 Å². The van der Waals surface area contributed by atoms with Crippen molar-refractivity contribution in [1.29, 1.82) is 0 Å². The van der Waals surface area contributed by atoms with Crippen LogP contribution in [-0.4, -0.2) is 39.3 Å². The molecule has 22 heavy (non-hydrogen) atoms. The van der Waals surface area contributed by atoms with Crippen LogP contribution in [0.25, 0.3) is 0 Å². The van der Waals surface area contributed by atoms with Crippen LogP contribution >= 0.6 is 12.4 Å². The molecule has 2 N–H and O–H groups in total. The lowest BCUT2D eigenvalue weighted by atomic mass is 9.79. The summed E-state index contributed by atoms with van der Waals surface area (Å²) in [5, 5.41) is 6.50. The molecule has 0 atom stereocenters. The minimum atomic E-state index is 0. The number of hydrogen-bond acceptors (Lipinski definition) is 3. The number of carbonyl (C=O) groups is 1. The van der Waals surface area contributed by atoms with Crippen molar-refractivity contribution in [3.05, 3.63) is 34.9 Å². The molecule has 124 valence electrons. The smallest absolute Gasteiger partial charge is 0.251 e. The number of benzene rings is 1. The largest absolute Gasteiger partial charge is 0.384 e. The van der Waals surface area contributed by atoms with E-state index in [4.69, 9.17) is 4.74 Å². The fourth-order valence-electron chi connectivity index (χ4n) is 3.16. The fraction of sp³-hybridized carbons (Fsp3) is 0.588. The van der Waals surface area contributed by atoms with Gasteiger partial charge in [-0.2, -0.15) is 0 Å². The van der Waals surface area contributed by atoms with Crippen LogP contribution in [0.4, 0.5) is 0 Å². The number of aryl methyl sites for hydroxylation is 2. The van der Waals surface area contributed by atoms with Crippen LogP contribution in [0.1, 0.15) is 34.3 Å². The van der Waals surface area contributed by atoms with E-state index >= 15 is 0 Å². The van der Waals surface area contributed by atoms with E-state index in [1.807, 2.05) is 32.0 Å². The second kappa shape index (κ2) is 8.51. The Bertz CT molecular complexity index is 474. The first kappa shape index (κ1) is 18.9. The third kappa shape index (κ3) is 4.45. The summed E-state index contributed by atoms with van der Waals surface area (Å²) in [7, 11) is 1.73. The maximum atomic E-state index is 12.5. The monoisotopic (exact) mass is 326 g/mol. The Labute approximate surface area is 139 Å². The highest BCUT2D eigenvalue weighted by Gasteiger charge is 2.32. The van der Waals surface area contributed by atoms with E-state index < -0.39 is 0 Å². The molecule has 1 fully saturated rings. The zero-order chi connectivity index (χ0) is 15.3. The number of methoxy groups -OCH3 is 1. The van der Waals surface area contributed by atoms with Gasteiger partial charge >= 0.3 is 0 Å². The molecule has 1 aromatic rings. The van der Waals surface area contributed by atoms with Gasteiger partial charge < -0.3 is 15.4 Å². The summed E-state index contributed by atoms with van der Waals surface area (Å²) in [6.07, 6.45) is 2.07. The number of amides is 1. The van der Waals surface area contributed by atoms with Crippen LogP contribution in [-0.2, 0) is 4.74 Å². The maximum Gasteiger partial charge on any atom is 0.251 e. The predicted octanol–water partition coefficient (Wildman–Crippen LogP) is 2.47. The Morgan fingerprint density at radius 2 is 1.86 bits per heavy atom. The second-order valence-electron chi connectivity index (χ2n) is 6.13. The number of nitrogens with one attached hydrogen (secondary N) is 2. The average Bonchev–Trinajstić information content (AvgIpc) is 2.46. The highest BCUT2D eigenvalue weighted by Crippen LogP contribution is 2.28. The third-order valence-corrected chi connectivity index (χ3v) is 4.45. The molecule has 0 unspecified atom stereocenters. The number of carbonyl (C=O) groups excluding carboxylic acids is 1. The van der Waals surface area contributed by atoms with Crippen molar-refractivity contribution < 1.29 is 9.53 Å². The average molecular weight is 327 g/mol. The molecule has 1 saturated heterocycles. The molecule has 0 aliphatic carbocycles. The third-order valence-electron chi connectivity index (χ3n) is 4.45. The lowest BCUT2D eigenvalue weighted by Crippen LogP contribution is -2.47. The van der Waals surface area contributed by atoms with Gasteiger partial charge in [0.2, 0.25) is 0 Å². The zero-order valence-electron chi connectivity index (χ0n) is 13.7. The van der Waals surface area contributed by atoms with Crippen LogP contribution < -0.4 is 10.6 Å². The SMILES string of the molecule is COCC1(CNC(=O)c2c(C)cccc2C)CCNCC1.Cl. The summed E-state index contributed by atoms with van der Waals surface area (Å²) in [4.78, 5) is 12.5. The van der Waals surface area contributed by atoms with Gasteiger partial charge in [0.1, 0.15) is 0 Å². The first-order valence-corrected chi connectivity index (χ1v) is 7.62. The number of hydrogen-bond donors (Lipinski definition) is 2. The molecule has 0 saturated carbocycles. The van der Waals surface area contributed by atoms with Gasteiger partial charge in [0.25, 0.3) is 5.91 Å². The van der Waals surface area contributed by atoms with Crippen LogP contribution in [0, 0.1) is 19.3 Å². The summed E-state index contributed by atoms with van der Waals surface area (Å²) in [6, 6.07) is 5.95. The van der Waals surface area contributed by atoms with Crippen molar-refractivity contribution in [2.75, 3.05) is 33.4 Å². The van der Waals surface area contributed by atoms with E-state index in [1.54, 1.807) is 7.11 Å². The van der Waals surface area contributed by atoms with Crippen LogP contribution in [0.5, 0.6) is 0 Å². The summed E-state index contributed by atoms with van der Waals surface area (Å²) < 4.78 is 5.39. The Hall–Kier alpha value is -1.10. The molecule has 1 aliphatic heterocycles. The van der Waals surface area contributed by atoms with Gasteiger partial charge in [-0.3, -0.25) is 4.79 Å². The molecule has 1 aliphatic rings. The van der Waals surface area contributed by atoms with Gasteiger partial charge in [0, 0.05) is 24.6 Å². The topological polar surface area (TPSA) is 50.4 Å². The Balaban J connectivity index is 0.00000242. The predicted molar refractivity (Wildman–Crippen MR) is 91.9 cm³/mol. The molecule has 5 heteroatoms. The fourth-order valence-corrected chi connectivity index (χ4v) is 3.16.